The Morgan fingerprint density at radius 2 is 2.14 bits per heavy atom. The number of esters is 1. The first kappa shape index (κ1) is 15.4. The zero-order valence-corrected chi connectivity index (χ0v) is 12.5. The topological polar surface area (TPSA) is 66.8 Å². The molecule has 1 aliphatic rings. The van der Waals surface area contributed by atoms with E-state index in [9.17, 15) is 14.7 Å². The number of aryl methyl sites for hydroxylation is 1. The van der Waals surface area contributed by atoms with E-state index < -0.39 is 6.04 Å². The number of nitrogens with zero attached hydrogens (tertiary/aromatic N) is 1. The lowest BCUT2D eigenvalue weighted by Crippen LogP contribution is -2.48. The van der Waals surface area contributed by atoms with E-state index in [-0.39, 0.29) is 23.2 Å². The Hall–Kier alpha value is -2.04. The lowest BCUT2D eigenvalue weighted by molar-refractivity contribution is -0.149. The normalized spacial score (nSPS) is 18.4. The summed E-state index contributed by atoms with van der Waals surface area (Å²) in [4.78, 5) is 26.1. The first-order valence-corrected chi connectivity index (χ1v) is 7.31. The van der Waals surface area contributed by atoms with Crippen LogP contribution in [0.3, 0.4) is 0 Å². The summed E-state index contributed by atoms with van der Waals surface area (Å²) in [6, 6.07) is 4.38. The average molecular weight is 291 g/mol. The van der Waals surface area contributed by atoms with Crippen LogP contribution in [-0.4, -0.2) is 41.1 Å². The number of carbonyl (C=O) groups excluding carboxylic acids is 2. The lowest BCUT2D eigenvalue weighted by atomic mass is 10.00. The summed E-state index contributed by atoms with van der Waals surface area (Å²) < 4.78 is 5.05. The van der Waals surface area contributed by atoms with Gasteiger partial charge >= 0.3 is 5.97 Å². The summed E-state index contributed by atoms with van der Waals surface area (Å²) in [7, 11) is 0. The number of likely N-dealkylation sites (tertiary alicyclic amines) is 1. The van der Waals surface area contributed by atoms with Gasteiger partial charge in [-0.25, -0.2) is 4.79 Å². The molecule has 2 rings (SSSR count). The molecule has 1 atom stereocenters. The van der Waals surface area contributed by atoms with Crippen molar-refractivity contribution in [2.75, 3.05) is 13.2 Å². The molecule has 5 heteroatoms. The van der Waals surface area contributed by atoms with Gasteiger partial charge in [0.1, 0.15) is 11.8 Å². The highest BCUT2D eigenvalue weighted by atomic mass is 16.5. The number of phenolic OH excluding ortho intramolecular Hbond substituents is 1. The summed E-state index contributed by atoms with van der Waals surface area (Å²) in [5, 5.41) is 9.96. The monoisotopic (exact) mass is 291 g/mol. The van der Waals surface area contributed by atoms with Crippen LogP contribution in [0.4, 0.5) is 0 Å². The highest BCUT2D eigenvalue weighted by Gasteiger charge is 2.34. The molecule has 1 N–H and O–H groups in total. The summed E-state index contributed by atoms with van der Waals surface area (Å²) in [5.74, 6) is -0.726. The molecule has 1 saturated heterocycles. The number of amides is 1. The Bertz CT molecular complexity index is 541. The van der Waals surface area contributed by atoms with E-state index in [1.807, 2.05) is 6.92 Å². The van der Waals surface area contributed by atoms with Crippen molar-refractivity contribution >= 4 is 11.9 Å². The fourth-order valence-electron chi connectivity index (χ4n) is 2.64. The maximum Gasteiger partial charge on any atom is 0.328 e. The van der Waals surface area contributed by atoms with Crippen molar-refractivity contribution in [3.8, 4) is 5.75 Å². The second-order valence-electron chi connectivity index (χ2n) is 5.28. The van der Waals surface area contributed by atoms with Crippen molar-refractivity contribution in [3.63, 3.8) is 0 Å². The van der Waals surface area contributed by atoms with Crippen LogP contribution in [0.2, 0.25) is 0 Å². The van der Waals surface area contributed by atoms with Crippen LogP contribution in [0.1, 0.15) is 42.1 Å². The molecule has 0 spiro atoms. The smallest absolute Gasteiger partial charge is 0.328 e. The summed E-state index contributed by atoms with van der Waals surface area (Å²) in [6.07, 6.45) is 2.36. The zero-order valence-electron chi connectivity index (χ0n) is 12.5. The number of piperidine rings is 1. The number of carbonyl (C=O) groups is 2. The number of rotatable bonds is 3. The highest BCUT2D eigenvalue weighted by molar-refractivity contribution is 5.99. The average Bonchev–Trinajstić information content (AvgIpc) is 2.47. The van der Waals surface area contributed by atoms with Crippen LogP contribution >= 0.6 is 0 Å². The lowest BCUT2D eigenvalue weighted by Gasteiger charge is -2.34. The van der Waals surface area contributed by atoms with Crippen molar-refractivity contribution in [2.45, 2.75) is 39.2 Å². The maximum atomic E-state index is 12.6. The van der Waals surface area contributed by atoms with Crippen molar-refractivity contribution in [1.29, 1.82) is 0 Å². The van der Waals surface area contributed by atoms with Crippen LogP contribution in [-0.2, 0) is 9.53 Å². The van der Waals surface area contributed by atoms with Crippen molar-refractivity contribution in [2.24, 2.45) is 0 Å². The first-order valence-electron chi connectivity index (χ1n) is 7.31. The SMILES string of the molecule is CCOC(=O)C1CCCCN1C(=O)c1ccc(C)cc1O. The van der Waals surface area contributed by atoms with Gasteiger partial charge < -0.3 is 14.7 Å². The Labute approximate surface area is 124 Å². The minimum atomic E-state index is -0.549. The second-order valence-corrected chi connectivity index (χ2v) is 5.28. The quantitative estimate of drug-likeness (QED) is 0.867. The molecule has 0 saturated carbocycles. The predicted octanol–water partition coefficient (Wildman–Crippen LogP) is 2.26. The summed E-state index contributed by atoms with van der Waals surface area (Å²) >= 11 is 0. The van der Waals surface area contributed by atoms with Gasteiger partial charge in [0.2, 0.25) is 0 Å². The maximum absolute atomic E-state index is 12.6. The van der Waals surface area contributed by atoms with E-state index in [4.69, 9.17) is 4.74 Å². The minimum Gasteiger partial charge on any atom is -0.507 e. The van der Waals surface area contributed by atoms with Crippen LogP contribution in [0.15, 0.2) is 18.2 Å². The van der Waals surface area contributed by atoms with E-state index in [1.165, 1.54) is 4.90 Å². The van der Waals surface area contributed by atoms with Gasteiger partial charge in [0.25, 0.3) is 5.91 Å². The summed E-state index contributed by atoms with van der Waals surface area (Å²) in [5.41, 5.74) is 1.11. The van der Waals surface area contributed by atoms with Crippen molar-refractivity contribution in [3.05, 3.63) is 29.3 Å². The Morgan fingerprint density at radius 1 is 1.38 bits per heavy atom. The number of benzene rings is 1. The van der Waals surface area contributed by atoms with Gasteiger partial charge in [-0.15, -0.1) is 0 Å². The van der Waals surface area contributed by atoms with E-state index >= 15 is 0 Å². The molecule has 1 fully saturated rings. The molecule has 1 unspecified atom stereocenters. The number of ether oxygens (including phenoxy) is 1. The molecule has 114 valence electrons. The zero-order chi connectivity index (χ0) is 15.4. The molecule has 5 nitrogen and oxygen atoms in total. The molecule has 0 bridgehead atoms. The van der Waals surface area contributed by atoms with Crippen LogP contribution in [0, 0.1) is 6.92 Å². The third kappa shape index (κ3) is 3.35. The van der Waals surface area contributed by atoms with Crippen LogP contribution in [0.25, 0.3) is 0 Å². The van der Waals surface area contributed by atoms with Crippen molar-refractivity contribution < 1.29 is 19.4 Å². The molecule has 1 amide bonds. The molecule has 1 aromatic rings. The van der Waals surface area contributed by atoms with E-state index in [0.29, 0.717) is 19.6 Å². The molecule has 0 aromatic heterocycles. The Kier molecular flexibility index (Phi) is 4.83. The van der Waals surface area contributed by atoms with Gasteiger partial charge in [0, 0.05) is 6.54 Å². The molecule has 0 aliphatic carbocycles. The molecular formula is C16H21NO4. The van der Waals surface area contributed by atoms with E-state index in [2.05, 4.69) is 0 Å². The van der Waals surface area contributed by atoms with E-state index in [0.717, 1.165) is 18.4 Å². The second kappa shape index (κ2) is 6.61. The molecular weight excluding hydrogens is 270 g/mol. The highest BCUT2D eigenvalue weighted by Crippen LogP contribution is 2.25. The molecule has 1 aliphatic heterocycles. The number of phenols is 1. The number of hydrogen-bond acceptors (Lipinski definition) is 4. The number of hydrogen-bond donors (Lipinski definition) is 1. The molecule has 1 aromatic carbocycles. The molecule has 21 heavy (non-hydrogen) atoms. The predicted molar refractivity (Wildman–Crippen MR) is 78.2 cm³/mol. The number of aromatic hydroxyl groups is 1. The first-order chi connectivity index (χ1) is 10.0. The van der Waals surface area contributed by atoms with Crippen molar-refractivity contribution in [1.82, 2.24) is 4.90 Å². The third-order valence-corrected chi connectivity index (χ3v) is 3.71. The van der Waals surface area contributed by atoms with Gasteiger partial charge in [0.15, 0.2) is 0 Å². The van der Waals surface area contributed by atoms with E-state index in [1.54, 1.807) is 25.1 Å². The van der Waals surface area contributed by atoms with Crippen LogP contribution in [0.5, 0.6) is 5.75 Å². The van der Waals surface area contributed by atoms with Crippen LogP contribution < -0.4 is 0 Å². The molecule has 0 radical (unpaired) electrons. The van der Waals surface area contributed by atoms with Gasteiger partial charge in [-0.2, -0.15) is 0 Å². The van der Waals surface area contributed by atoms with Gasteiger partial charge in [0.05, 0.1) is 12.2 Å². The Balaban J connectivity index is 2.24. The minimum absolute atomic E-state index is 0.0480. The fourth-order valence-corrected chi connectivity index (χ4v) is 2.64. The third-order valence-electron chi connectivity index (χ3n) is 3.71. The van der Waals surface area contributed by atoms with Gasteiger partial charge in [-0.3, -0.25) is 4.79 Å². The van der Waals surface area contributed by atoms with Gasteiger partial charge in [-0.1, -0.05) is 6.07 Å². The Morgan fingerprint density at radius 3 is 2.81 bits per heavy atom. The largest absolute Gasteiger partial charge is 0.507 e. The van der Waals surface area contributed by atoms with Gasteiger partial charge in [-0.05, 0) is 50.8 Å². The fraction of sp³-hybridized carbons (Fsp3) is 0.500. The molecule has 1 heterocycles. The summed E-state index contributed by atoms with van der Waals surface area (Å²) in [6.45, 7) is 4.40. The standard InChI is InChI=1S/C16H21NO4/c1-3-21-16(20)13-6-4-5-9-17(13)15(19)12-8-7-11(2)10-14(12)18/h7-8,10,13,18H,3-6,9H2,1-2H3.